The topological polar surface area (TPSA) is 135 Å². The molecule has 0 atom stereocenters. The summed E-state index contributed by atoms with van der Waals surface area (Å²) in [5, 5.41) is 14.5. The highest BCUT2D eigenvalue weighted by atomic mass is 127. The number of nitrogens with two attached hydrogens (primary N) is 1. The van der Waals surface area contributed by atoms with Crippen LogP contribution in [0.5, 0.6) is 0 Å². The van der Waals surface area contributed by atoms with Crippen LogP contribution in [0.2, 0.25) is 0 Å². The Morgan fingerprint density at radius 2 is 1.10 bits per heavy atom. The van der Waals surface area contributed by atoms with Gasteiger partial charge in [-0.05, 0) is 183 Å². The number of carbonyl (C=O) groups excluding carboxylic acids is 1. The number of carboxylic acid groups (broad SMARTS) is 1. The lowest BCUT2D eigenvalue weighted by molar-refractivity contribution is 0.0685. The van der Waals surface area contributed by atoms with Gasteiger partial charge in [0.1, 0.15) is 11.4 Å². The third-order valence-corrected chi connectivity index (χ3v) is 13.7. The molecule has 0 radical (unpaired) electrons. The molecular formula is C44H52I2N8O3S2. The predicted molar refractivity (Wildman–Crippen MR) is 260 cm³/mol. The quantitative estimate of drug-likeness (QED) is 0.0963. The van der Waals surface area contributed by atoms with Crippen molar-refractivity contribution in [2.45, 2.75) is 79.3 Å². The minimum atomic E-state index is -0.891. The molecule has 15 heteroatoms. The molecular weight excluding hydrogens is 1010 g/mol. The molecule has 2 saturated heterocycles. The molecule has 4 aromatic heterocycles. The number of aryl methyl sites for hydroxylation is 4. The van der Waals surface area contributed by atoms with E-state index >= 15 is 0 Å². The smallest absolute Gasteiger partial charge is 0.352 e. The molecule has 0 bridgehead atoms. The molecule has 0 unspecified atom stereocenters. The van der Waals surface area contributed by atoms with Crippen molar-refractivity contribution >= 4 is 101 Å². The molecule has 0 saturated carbocycles. The summed E-state index contributed by atoms with van der Waals surface area (Å²) in [5.41, 5.74) is 12.1. The van der Waals surface area contributed by atoms with E-state index in [1.165, 1.54) is 51.8 Å². The lowest BCUT2D eigenvalue weighted by Gasteiger charge is -2.25. The lowest BCUT2D eigenvalue weighted by Crippen LogP contribution is -2.29. The largest absolute Gasteiger partial charge is 0.477 e. The number of rotatable bonds is 9. The Kier molecular flexibility index (Phi) is 15.9. The minimum Gasteiger partial charge on any atom is -0.477 e. The van der Waals surface area contributed by atoms with E-state index in [0.717, 1.165) is 73.9 Å². The highest BCUT2D eigenvalue weighted by Gasteiger charge is 2.21. The van der Waals surface area contributed by atoms with Gasteiger partial charge in [-0.1, -0.05) is 0 Å². The first-order valence-electron chi connectivity index (χ1n) is 19.9. The summed E-state index contributed by atoms with van der Waals surface area (Å²) >= 11 is 7.98. The number of nitrogens with zero attached hydrogens (tertiary/aromatic N) is 6. The minimum absolute atomic E-state index is 0.0940. The van der Waals surface area contributed by atoms with Crippen LogP contribution in [0.1, 0.15) is 91.8 Å². The highest BCUT2D eigenvalue weighted by molar-refractivity contribution is 14.1. The van der Waals surface area contributed by atoms with E-state index in [1.807, 2.05) is 85.4 Å². The van der Waals surface area contributed by atoms with E-state index in [4.69, 9.17) is 15.7 Å². The SMILES string of the molecule is Cc1cc(C(=O)Nc2ccc(I)cc2)n(Cc2nc(N3CCCCC3)sc2C)c1.Cc1cc(C(=O)O)n(Cc2nc(N3CCCCC3)sc2C)c1.Nc1ccc(I)cc1. The van der Waals surface area contributed by atoms with Crippen LogP contribution in [0.25, 0.3) is 0 Å². The van der Waals surface area contributed by atoms with Gasteiger partial charge in [-0.2, -0.15) is 0 Å². The zero-order valence-corrected chi connectivity index (χ0v) is 40.0. The van der Waals surface area contributed by atoms with Crippen LogP contribution in [0.4, 0.5) is 21.6 Å². The number of hydrogen-bond acceptors (Lipinski definition) is 9. The molecule has 2 aliphatic rings. The number of anilines is 4. The zero-order chi connectivity index (χ0) is 42.1. The van der Waals surface area contributed by atoms with Gasteiger partial charge in [0.05, 0.1) is 24.5 Å². The number of carbonyl (C=O) groups is 2. The van der Waals surface area contributed by atoms with Crippen molar-refractivity contribution in [3.8, 4) is 0 Å². The van der Waals surface area contributed by atoms with Crippen LogP contribution in [0.15, 0.2) is 73.1 Å². The molecule has 0 aliphatic carbocycles. The van der Waals surface area contributed by atoms with E-state index < -0.39 is 5.97 Å². The molecule has 0 spiro atoms. The molecule has 2 aliphatic heterocycles. The molecule has 11 nitrogen and oxygen atoms in total. The van der Waals surface area contributed by atoms with Crippen molar-refractivity contribution in [1.82, 2.24) is 19.1 Å². The van der Waals surface area contributed by atoms with Gasteiger partial charge in [0.15, 0.2) is 10.3 Å². The van der Waals surface area contributed by atoms with Gasteiger partial charge in [-0.25, -0.2) is 14.8 Å². The molecule has 59 heavy (non-hydrogen) atoms. The molecule has 4 N–H and O–H groups in total. The van der Waals surface area contributed by atoms with Gasteiger partial charge in [-0.15, -0.1) is 22.7 Å². The van der Waals surface area contributed by atoms with Gasteiger partial charge in [0.25, 0.3) is 5.91 Å². The number of thiazole rings is 2. The van der Waals surface area contributed by atoms with E-state index in [1.54, 1.807) is 33.3 Å². The van der Waals surface area contributed by atoms with Crippen LogP contribution in [0.3, 0.4) is 0 Å². The summed E-state index contributed by atoms with van der Waals surface area (Å²) in [7, 11) is 0. The maximum atomic E-state index is 12.9. The lowest BCUT2D eigenvalue weighted by atomic mass is 10.1. The monoisotopic (exact) mass is 1060 g/mol. The maximum Gasteiger partial charge on any atom is 0.352 e. The predicted octanol–water partition coefficient (Wildman–Crippen LogP) is 10.6. The average molecular weight is 1060 g/mol. The van der Waals surface area contributed by atoms with Gasteiger partial charge in [-0.3, -0.25) is 4.79 Å². The summed E-state index contributed by atoms with van der Waals surface area (Å²) in [6.07, 6.45) is 11.5. The standard InChI is InChI=1S/C22H25IN4OS.C16H21N3O2S.C6H6IN/c1-15-12-20(21(28)24-18-8-6-17(23)7-9-18)27(13-15)14-19-16(2)29-22(25-19)26-10-4-3-5-11-26;1-11-8-14(15(20)21)19(9-11)10-13-12(2)22-16(17-13)18-6-4-3-5-7-18;7-5-1-3-6(8)4-2-5/h6-9,12-13H,3-5,10-11,14H2,1-2H3,(H,24,28);8-9H,3-7,10H2,1-2H3,(H,20,21);1-4H,8H2. The first-order valence-corrected chi connectivity index (χ1v) is 23.7. The first kappa shape index (κ1) is 44.6. The van der Waals surface area contributed by atoms with Gasteiger partial charge in [0.2, 0.25) is 0 Å². The van der Waals surface area contributed by atoms with Crippen LogP contribution in [0, 0.1) is 34.8 Å². The first-order chi connectivity index (χ1) is 28.3. The molecule has 8 rings (SSSR count). The highest BCUT2D eigenvalue weighted by Crippen LogP contribution is 2.30. The van der Waals surface area contributed by atoms with Gasteiger partial charge < -0.3 is 35.1 Å². The number of halogens is 2. The second-order valence-corrected chi connectivity index (χ2v) is 19.8. The van der Waals surface area contributed by atoms with Crippen molar-refractivity contribution in [2.24, 2.45) is 0 Å². The van der Waals surface area contributed by atoms with E-state index in [9.17, 15) is 14.7 Å². The molecule has 312 valence electrons. The molecule has 2 fully saturated rings. The average Bonchev–Trinajstić information content (AvgIpc) is 4.00. The third kappa shape index (κ3) is 12.5. The second kappa shape index (κ2) is 21.0. The number of aromatic carboxylic acids is 1. The van der Waals surface area contributed by atoms with Crippen LogP contribution in [-0.4, -0.2) is 62.3 Å². The Hall–Kier alpha value is -3.94. The fraction of sp³-hybridized carbons (Fsp3) is 0.364. The van der Waals surface area contributed by atoms with Crippen molar-refractivity contribution in [2.75, 3.05) is 47.0 Å². The number of nitrogen functional groups attached to an aromatic ring is 1. The number of amides is 1. The second-order valence-electron chi connectivity index (χ2n) is 15.0. The van der Waals surface area contributed by atoms with Crippen LogP contribution < -0.4 is 20.9 Å². The van der Waals surface area contributed by atoms with Crippen molar-refractivity contribution in [3.05, 3.63) is 124 Å². The van der Waals surface area contributed by atoms with Crippen molar-refractivity contribution in [3.63, 3.8) is 0 Å². The Labute approximate surface area is 382 Å². The maximum absolute atomic E-state index is 12.9. The number of carboxylic acids is 1. The summed E-state index contributed by atoms with van der Waals surface area (Å²) in [5.74, 6) is -0.985. The van der Waals surface area contributed by atoms with E-state index in [-0.39, 0.29) is 5.91 Å². The third-order valence-electron chi connectivity index (χ3n) is 10.1. The van der Waals surface area contributed by atoms with Crippen LogP contribution in [-0.2, 0) is 13.1 Å². The van der Waals surface area contributed by atoms with Gasteiger partial charge >= 0.3 is 5.97 Å². The molecule has 6 aromatic rings. The van der Waals surface area contributed by atoms with Gasteiger partial charge in [0, 0.05) is 66.8 Å². The number of piperidine rings is 2. The van der Waals surface area contributed by atoms with Crippen molar-refractivity contribution < 1.29 is 14.7 Å². The van der Waals surface area contributed by atoms with Crippen LogP contribution >= 0.6 is 67.9 Å². The summed E-state index contributed by atoms with van der Waals surface area (Å²) in [6, 6.07) is 19.2. The Morgan fingerprint density at radius 3 is 1.54 bits per heavy atom. The Bertz CT molecular complexity index is 2300. The van der Waals surface area contributed by atoms with Crippen molar-refractivity contribution in [1.29, 1.82) is 0 Å². The molecule has 2 aromatic carbocycles. The zero-order valence-electron chi connectivity index (χ0n) is 34.0. The number of benzene rings is 2. The fourth-order valence-electron chi connectivity index (χ4n) is 7.02. The molecule has 1 amide bonds. The van der Waals surface area contributed by atoms with E-state index in [2.05, 4.69) is 74.1 Å². The molecule has 6 heterocycles. The fourth-order valence-corrected chi connectivity index (χ4v) is 9.68. The number of aromatic nitrogens is 4. The number of hydrogen-bond donors (Lipinski definition) is 3. The number of nitrogens with one attached hydrogen (secondary N) is 1. The Balaban J connectivity index is 0.000000171. The van der Waals surface area contributed by atoms with E-state index in [0.29, 0.717) is 24.5 Å². The summed E-state index contributed by atoms with van der Waals surface area (Å²) in [6.45, 7) is 13.6. The summed E-state index contributed by atoms with van der Waals surface area (Å²) in [4.78, 5) is 41.1. The Morgan fingerprint density at radius 1 is 0.678 bits per heavy atom. The summed E-state index contributed by atoms with van der Waals surface area (Å²) < 4.78 is 6.15. The normalized spacial score (nSPS) is 13.9.